The molecule has 0 aliphatic heterocycles. The van der Waals surface area contributed by atoms with E-state index in [1.807, 2.05) is 24.3 Å². The number of fused-ring (bicyclic) bond motifs is 1. The normalized spacial score (nSPS) is 11.0. The number of aryl methyl sites for hydroxylation is 2. The molecule has 0 unspecified atom stereocenters. The number of nitrogens with zero attached hydrogens (tertiary/aromatic N) is 1. The van der Waals surface area contributed by atoms with Gasteiger partial charge in [0, 0.05) is 17.4 Å². The van der Waals surface area contributed by atoms with E-state index in [2.05, 4.69) is 60.9 Å². The standard InChI is InChI=1S/C27H27NO3/c1-18-5-8-20(9-6-18)17-28-25-14-7-19(2)15-23(25)24(16-26(29)31-4)27(28)21-10-12-22(30-3)13-11-21/h5-15H,16-17H2,1-4H3. The molecule has 0 radical (unpaired) electrons. The summed E-state index contributed by atoms with van der Waals surface area (Å²) in [6.45, 7) is 4.88. The van der Waals surface area contributed by atoms with Gasteiger partial charge < -0.3 is 14.0 Å². The largest absolute Gasteiger partial charge is 0.497 e. The zero-order valence-electron chi connectivity index (χ0n) is 18.4. The number of aromatic nitrogens is 1. The van der Waals surface area contributed by atoms with Crippen LogP contribution in [-0.4, -0.2) is 24.8 Å². The predicted octanol–water partition coefficient (Wildman–Crippen LogP) is 5.70. The van der Waals surface area contributed by atoms with E-state index in [9.17, 15) is 4.79 Å². The van der Waals surface area contributed by atoms with Gasteiger partial charge in [0.1, 0.15) is 5.75 Å². The van der Waals surface area contributed by atoms with Crippen LogP contribution in [0.4, 0.5) is 0 Å². The summed E-state index contributed by atoms with van der Waals surface area (Å²) >= 11 is 0. The number of carbonyl (C=O) groups excluding carboxylic acids is 1. The first-order valence-electron chi connectivity index (χ1n) is 10.4. The molecule has 0 atom stereocenters. The fourth-order valence-electron chi connectivity index (χ4n) is 4.05. The van der Waals surface area contributed by atoms with Crippen LogP contribution in [0.5, 0.6) is 5.75 Å². The molecule has 0 fully saturated rings. The highest BCUT2D eigenvalue weighted by atomic mass is 16.5. The molecule has 4 rings (SSSR count). The minimum atomic E-state index is -0.245. The molecule has 4 aromatic rings. The van der Waals surface area contributed by atoms with Crippen molar-refractivity contribution in [2.75, 3.05) is 14.2 Å². The van der Waals surface area contributed by atoms with Crippen LogP contribution in [-0.2, 0) is 22.5 Å². The summed E-state index contributed by atoms with van der Waals surface area (Å²) in [6.07, 6.45) is 0.221. The van der Waals surface area contributed by atoms with E-state index in [0.717, 1.165) is 39.0 Å². The van der Waals surface area contributed by atoms with E-state index in [-0.39, 0.29) is 12.4 Å². The second-order valence-electron chi connectivity index (χ2n) is 7.90. The molecule has 31 heavy (non-hydrogen) atoms. The van der Waals surface area contributed by atoms with Gasteiger partial charge in [-0.15, -0.1) is 0 Å². The molecule has 3 aromatic carbocycles. The molecular formula is C27H27NO3. The van der Waals surface area contributed by atoms with Gasteiger partial charge in [-0.1, -0.05) is 41.5 Å². The molecule has 0 N–H and O–H groups in total. The van der Waals surface area contributed by atoms with Crippen molar-refractivity contribution < 1.29 is 14.3 Å². The average Bonchev–Trinajstić information content (AvgIpc) is 3.07. The summed E-state index contributed by atoms with van der Waals surface area (Å²) in [5, 5.41) is 1.09. The van der Waals surface area contributed by atoms with E-state index in [0.29, 0.717) is 6.54 Å². The van der Waals surface area contributed by atoms with E-state index in [4.69, 9.17) is 9.47 Å². The fourth-order valence-corrected chi connectivity index (χ4v) is 4.05. The van der Waals surface area contributed by atoms with Crippen molar-refractivity contribution in [2.45, 2.75) is 26.8 Å². The minimum absolute atomic E-state index is 0.221. The Morgan fingerprint density at radius 2 is 1.55 bits per heavy atom. The fraction of sp³-hybridized carbons (Fsp3) is 0.222. The third kappa shape index (κ3) is 4.19. The van der Waals surface area contributed by atoms with Gasteiger partial charge in [-0.25, -0.2) is 0 Å². The zero-order chi connectivity index (χ0) is 22.0. The monoisotopic (exact) mass is 413 g/mol. The van der Waals surface area contributed by atoms with E-state index in [1.54, 1.807) is 7.11 Å². The van der Waals surface area contributed by atoms with Crippen LogP contribution in [0.1, 0.15) is 22.3 Å². The number of hydrogen-bond acceptors (Lipinski definition) is 3. The van der Waals surface area contributed by atoms with Crippen molar-refractivity contribution in [3.8, 4) is 17.0 Å². The molecule has 1 aromatic heterocycles. The number of ether oxygens (including phenoxy) is 2. The molecule has 0 aliphatic rings. The maximum absolute atomic E-state index is 12.3. The first-order chi connectivity index (χ1) is 15.0. The van der Waals surface area contributed by atoms with Gasteiger partial charge in [0.15, 0.2) is 0 Å². The van der Waals surface area contributed by atoms with E-state index < -0.39 is 0 Å². The molecule has 158 valence electrons. The Morgan fingerprint density at radius 1 is 0.871 bits per heavy atom. The van der Waals surface area contributed by atoms with Crippen LogP contribution in [0, 0.1) is 13.8 Å². The average molecular weight is 414 g/mol. The van der Waals surface area contributed by atoms with Gasteiger partial charge in [-0.3, -0.25) is 4.79 Å². The molecule has 1 heterocycles. The predicted molar refractivity (Wildman–Crippen MR) is 125 cm³/mol. The highest BCUT2D eigenvalue weighted by Gasteiger charge is 2.21. The highest BCUT2D eigenvalue weighted by Crippen LogP contribution is 2.36. The number of hydrogen-bond donors (Lipinski definition) is 0. The molecule has 0 saturated carbocycles. The Hall–Kier alpha value is -3.53. The van der Waals surface area contributed by atoms with Crippen LogP contribution in [0.3, 0.4) is 0 Å². The second kappa shape index (κ2) is 8.68. The van der Waals surface area contributed by atoms with Gasteiger partial charge in [-0.05, 0) is 66.9 Å². The number of rotatable bonds is 6. The van der Waals surface area contributed by atoms with Crippen LogP contribution in [0.15, 0.2) is 66.7 Å². The van der Waals surface area contributed by atoms with Crippen molar-refractivity contribution >= 4 is 16.9 Å². The highest BCUT2D eigenvalue weighted by molar-refractivity contribution is 5.95. The summed E-state index contributed by atoms with van der Waals surface area (Å²) in [6, 6.07) is 23.0. The Labute approximate surface area is 183 Å². The number of methoxy groups -OCH3 is 2. The molecule has 4 nitrogen and oxygen atoms in total. The van der Waals surface area contributed by atoms with Gasteiger partial charge in [0.25, 0.3) is 0 Å². The number of esters is 1. The Bertz CT molecular complexity index is 1220. The third-order valence-electron chi connectivity index (χ3n) is 5.70. The molecule has 0 bridgehead atoms. The molecule has 0 aliphatic carbocycles. The molecular weight excluding hydrogens is 386 g/mol. The molecule has 4 heteroatoms. The molecule has 0 spiro atoms. The van der Waals surface area contributed by atoms with Crippen LogP contribution in [0.2, 0.25) is 0 Å². The lowest BCUT2D eigenvalue weighted by molar-refractivity contribution is -0.139. The SMILES string of the molecule is COC(=O)Cc1c(-c2ccc(OC)cc2)n(Cc2ccc(C)cc2)c2ccc(C)cc12. The van der Waals surface area contributed by atoms with Crippen molar-refractivity contribution in [3.63, 3.8) is 0 Å². The first-order valence-corrected chi connectivity index (χ1v) is 10.4. The lowest BCUT2D eigenvalue weighted by Crippen LogP contribution is -2.07. The first kappa shape index (κ1) is 20.7. The van der Waals surface area contributed by atoms with Crippen molar-refractivity contribution in [1.29, 1.82) is 0 Å². The van der Waals surface area contributed by atoms with Crippen LogP contribution < -0.4 is 4.74 Å². The molecule has 0 saturated heterocycles. The topological polar surface area (TPSA) is 40.5 Å². The second-order valence-corrected chi connectivity index (χ2v) is 7.90. The third-order valence-corrected chi connectivity index (χ3v) is 5.70. The molecule has 0 amide bonds. The van der Waals surface area contributed by atoms with Gasteiger partial charge in [0.05, 0.1) is 26.3 Å². The van der Waals surface area contributed by atoms with Gasteiger partial charge in [0.2, 0.25) is 0 Å². The van der Waals surface area contributed by atoms with Crippen LogP contribution >= 0.6 is 0 Å². The van der Waals surface area contributed by atoms with Crippen molar-refractivity contribution in [2.24, 2.45) is 0 Å². The summed E-state index contributed by atoms with van der Waals surface area (Å²) < 4.78 is 12.7. The lowest BCUT2D eigenvalue weighted by Gasteiger charge is -2.14. The summed E-state index contributed by atoms with van der Waals surface area (Å²) in [5.74, 6) is 0.556. The summed E-state index contributed by atoms with van der Waals surface area (Å²) in [4.78, 5) is 12.3. The van der Waals surface area contributed by atoms with E-state index in [1.165, 1.54) is 18.2 Å². The van der Waals surface area contributed by atoms with E-state index >= 15 is 0 Å². The Kier molecular flexibility index (Phi) is 5.81. The smallest absolute Gasteiger partial charge is 0.310 e. The maximum Gasteiger partial charge on any atom is 0.310 e. The summed E-state index contributed by atoms with van der Waals surface area (Å²) in [5.41, 5.74) is 7.78. The minimum Gasteiger partial charge on any atom is -0.497 e. The maximum atomic E-state index is 12.3. The van der Waals surface area contributed by atoms with Gasteiger partial charge in [-0.2, -0.15) is 0 Å². The van der Waals surface area contributed by atoms with Gasteiger partial charge >= 0.3 is 5.97 Å². The quantitative estimate of drug-likeness (QED) is 0.381. The van der Waals surface area contributed by atoms with Crippen LogP contribution in [0.25, 0.3) is 22.2 Å². The Balaban J connectivity index is 1.97. The van der Waals surface area contributed by atoms with Crippen molar-refractivity contribution in [1.82, 2.24) is 4.57 Å². The van der Waals surface area contributed by atoms with Crippen molar-refractivity contribution in [3.05, 3.63) is 89.0 Å². The lowest BCUT2D eigenvalue weighted by atomic mass is 10.0. The zero-order valence-corrected chi connectivity index (χ0v) is 18.4. The Morgan fingerprint density at radius 3 is 2.19 bits per heavy atom. The summed E-state index contributed by atoms with van der Waals surface area (Å²) in [7, 11) is 3.10. The number of benzene rings is 3. The number of carbonyl (C=O) groups is 1.